The summed E-state index contributed by atoms with van der Waals surface area (Å²) in [5.41, 5.74) is 0.628. The van der Waals surface area contributed by atoms with Gasteiger partial charge in [-0.3, -0.25) is 0 Å². The van der Waals surface area contributed by atoms with Crippen molar-refractivity contribution in [1.29, 1.82) is 0 Å². The number of methoxy groups -OCH3 is 1. The lowest BCUT2D eigenvalue weighted by molar-refractivity contribution is 0.177. The van der Waals surface area contributed by atoms with Crippen LogP contribution in [-0.2, 0) is 31.4 Å². The molecule has 28 heavy (non-hydrogen) atoms. The number of rotatable bonds is 10. The van der Waals surface area contributed by atoms with Gasteiger partial charge in [-0.25, -0.2) is 12.8 Å². The summed E-state index contributed by atoms with van der Waals surface area (Å²) in [7, 11) is -6.05. The molecule has 154 valence electrons. The van der Waals surface area contributed by atoms with Crippen LogP contribution in [-0.4, -0.2) is 47.2 Å². The quantitative estimate of drug-likeness (QED) is 0.537. The van der Waals surface area contributed by atoms with Gasteiger partial charge >= 0.3 is 10.1 Å². The Morgan fingerprint density at radius 3 is 2.11 bits per heavy atom. The first-order chi connectivity index (χ1) is 13.2. The summed E-state index contributed by atoms with van der Waals surface area (Å²) in [4.78, 5) is -0.0287. The van der Waals surface area contributed by atoms with Gasteiger partial charge in [0, 0.05) is 20.2 Å². The molecule has 0 saturated heterocycles. The Bertz CT molecular complexity index is 974. The molecule has 0 aliphatic rings. The molecule has 0 bridgehead atoms. The molecule has 7 nitrogen and oxygen atoms in total. The lowest BCUT2D eigenvalue weighted by Gasteiger charge is -2.22. The first kappa shape index (κ1) is 22.3. The van der Waals surface area contributed by atoms with Crippen LogP contribution in [0.15, 0.2) is 53.4 Å². The lowest BCUT2D eigenvalue weighted by Crippen LogP contribution is -2.33. The summed E-state index contributed by atoms with van der Waals surface area (Å²) < 4.78 is 73.0. The number of hydrogen-bond acceptors (Lipinski definition) is 6. The zero-order valence-corrected chi connectivity index (χ0v) is 17.2. The number of hydrogen-bond donors (Lipinski definition) is 0. The molecule has 0 atom stereocenters. The Morgan fingerprint density at radius 1 is 0.964 bits per heavy atom. The van der Waals surface area contributed by atoms with E-state index in [0.29, 0.717) is 5.56 Å². The molecule has 0 aromatic heterocycles. The van der Waals surface area contributed by atoms with E-state index in [9.17, 15) is 21.2 Å². The van der Waals surface area contributed by atoms with Gasteiger partial charge in [-0.15, -0.1) is 0 Å². The minimum Gasteiger partial charge on any atom is -0.383 e. The first-order valence-corrected chi connectivity index (χ1v) is 11.5. The Morgan fingerprint density at radius 2 is 1.57 bits per heavy atom. The van der Waals surface area contributed by atoms with Crippen molar-refractivity contribution in [3.8, 4) is 5.75 Å². The van der Waals surface area contributed by atoms with Gasteiger partial charge in [-0.05, 0) is 48.9 Å². The highest BCUT2D eigenvalue weighted by Crippen LogP contribution is 2.21. The predicted molar refractivity (Wildman–Crippen MR) is 102 cm³/mol. The number of ether oxygens (including phenoxy) is 1. The number of nitrogens with zero attached hydrogens (tertiary/aromatic N) is 1. The summed E-state index contributed by atoms with van der Waals surface area (Å²) in [5.74, 6) is -0.536. The predicted octanol–water partition coefficient (Wildman–Crippen LogP) is 2.39. The van der Waals surface area contributed by atoms with E-state index in [2.05, 4.69) is 0 Å². The molecule has 10 heteroatoms. The van der Waals surface area contributed by atoms with Crippen LogP contribution in [0.25, 0.3) is 0 Å². The second kappa shape index (κ2) is 9.46. The molecule has 0 heterocycles. The van der Waals surface area contributed by atoms with Crippen molar-refractivity contribution in [2.45, 2.75) is 18.4 Å². The van der Waals surface area contributed by atoms with Gasteiger partial charge in [0.25, 0.3) is 0 Å². The van der Waals surface area contributed by atoms with Crippen molar-refractivity contribution in [3.63, 3.8) is 0 Å². The Labute approximate surface area is 164 Å². The third-order valence-electron chi connectivity index (χ3n) is 3.86. The molecule has 0 amide bonds. The van der Waals surface area contributed by atoms with Gasteiger partial charge < -0.3 is 8.92 Å². The molecule has 2 aromatic rings. The maximum atomic E-state index is 13.1. The van der Waals surface area contributed by atoms with E-state index >= 15 is 0 Å². The normalized spacial score (nSPS) is 12.3. The Hall–Kier alpha value is -2.01. The molecule has 0 aliphatic carbocycles. The van der Waals surface area contributed by atoms with E-state index in [1.165, 1.54) is 42.6 Å². The van der Waals surface area contributed by atoms with E-state index < -0.39 is 26.0 Å². The highest BCUT2D eigenvalue weighted by molar-refractivity contribution is 7.89. The van der Waals surface area contributed by atoms with Crippen molar-refractivity contribution in [1.82, 2.24) is 4.31 Å². The van der Waals surface area contributed by atoms with Crippen LogP contribution in [0.3, 0.4) is 0 Å². The zero-order chi connectivity index (χ0) is 20.8. The summed E-state index contributed by atoms with van der Waals surface area (Å²) in [6.45, 7) is 1.77. The van der Waals surface area contributed by atoms with Crippen molar-refractivity contribution in [3.05, 3.63) is 59.9 Å². The molecule has 0 saturated carbocycles. The molecular weight excluding hydrogens is 409 g/mol. The third-order valence-corrected chi connectivity index (χ3v) is 6.87. The van der Waals surface area contributed by atoms with Gasteiger partial charge in [0.05, 0.1) is 17.3 Å². The smallest absolute Gasteiger partial charge is 0.308 e. The van der Waals surface area contributed by atoms with Crippen molar-refractivity contribution >= 4 is 20.1 Å². The van der Waals surface area contributed by atoms with Crippen molar-refractivity contribution in [2.24, 2.45) is 0 Å². The van der Waals surface area contributed by atoms with Crippen LogP contribution in [0, 0.1) is 5.82 Å². The van der Waals surface area contributed by atoms with E-state index in [1.54, 1.807) is 12.1 Å². The van der Waals surface area contributed by atoms with Crippen LogP contribution >= 0.6 is 0 Å². The van der Waals surface area contributed by atoms with E-state index in [1.807, 2.05) is 0 Å². The highest BCUT2D eigenvalue weighted by Gasteiger charge is 2.24. The topological polar surface area (TPSA) is 90.0 Å². The fourth-order valence-electron chi connectivity index (χ4n) is 2.29. The fraction of sp³-hybridized carbons (Fsp3) is 0.333. The lowest BCUT2D eigenvalue weighted by atomic mass is 10.2. The standard InChI is InChI=1S/C18H22FNO6S2/c1-3-27(21,22)26-17-8-4-15(5-9-17)14-20(12-13-25-2)28(23,24)18-10-6-16(19)7-11-18/h4-11H,3,12-14H2,1-2H3. The second-order valence-corrected chi connectivity index (χ2v) is 9.66. The minimum absolute atomic E-state index is 0.0287. The summed E-state index contributed by atoms with van der Waals surface area (Å²) in [6, 6.07) is 10.7. The molecule has 0 unspecified atom stereocenters. The van der Waals surface area contributed by atoms with Crippen molar-refractivity contribution in [2.75, 3.05) is 26.0 Å². The number of benzene rings is 2. The van der Waals surface area contributed by atoms with Gasteiger partial charge in [-0.2, -0.15) is 12.7 Å². The van der Waals surface area contributed by atoms with Gasteiger partial charge in [-0.1, -0.05) is 12.1 Å². The van der Waals surface area contributed by atoms with Gasteiger partial charge in [0.1, 0.15) is 11.6 Å². The molecule has 0 spiro atoms. The molecule has 0 radical (unpaired) electrons. The summed E-state index contributed by atoms with van der Waals surface area (Å²) >= 11 is 0. The Balaban J connectivity index is 2.23. The zero-order valence-electron chi connectivity index (χ0n) is 15.5. The average Bonchev–Trinajstić information content (AvgIpc) is 2.66. The average molecular weight is 432 g/mol. The monoisotopic (exact) mass is 431 g/mol. The van der Waals surface area contributed by atoms with E-state index in [4.69, 9.17) is 8.92 Å². The largest absolute Gasteiger partial charge is 0.383 e. The van der Waals surface area contributed by atoms with Crippen LogP contribution in [0.1, 0.15) is 12.5 Å². The SMILES string of the molecule is CCS(=O)(=O)Oc1ccc(CN(CCOC)S(=O)(=O)c2ccc(F)cc2)cc1. The number of sulfonamides is 1. The highest BCUT2D eigenvalue weighted by atomic mass is 32.2. The van der Waals surface area contributed by atoms with E-state index in [-0.39, 0.29) is 36.1 Å². The maximum Gasteiger partial charge on any atom is 0.308 e. The molecule has 0 N–H and O–H groups in total. The third kappa shape index (κ3) is 5.99. The van der Waals surface area contributed by atoms with Crippen LogP contribution in [0.2, 0.25) is 0 Å². The minimum atomic E-state index is -3.87. The molecule has 0 fully saturated rings. The van der Waals surface area contributed by atoms with Crippen LogP contribution in [0.5, 0.6) is 5.75 Å². The van der Waals surface area contributed by atoms with Gasteiger partial charge in [0.15, 0.2) is 0 Å². The van der Waals surface area contributed by atoms with Crippen LogP contribution < -0.4 is 4.18 Å². The Kier molecular flexibility index (Phi) is 7.53. The first-order valence-electron chi connectivity index (χ1n) is 8.43. The fourth-order valence-corrected chi connectivity index (χ4v) is 4.23. The van der Waals surface area contributed by atoms with Crippen LogP contribution in [0.4, 0.5) is 4.39 Å². The second-order valence-electron chi connectivity index (χ2n) is 5.86. The number of halogens is 1. The summed E-state index contributed by atoms with van der Waals surface area (Å²) in [6.07, 6.45) is 0. The van der Waals surface area contributed by atoms with Gasteiger partial charge in [0.2, 0.25) is 10.0 Å². The molecular formula is C18H22FNO6S2. The van der Waals surface area contributed by atoms with E-state index in [0.717, 1.165) is 12.1 Å². The maximum absolute atomic E-state index is 13.1. The molecule has 2 rings (SSSR count). The molecule has 0 aliphatic heterocycles. The summed E-state index contributed by atoms with van der Waals surface area (Å²) in [5, 5.41) is 0. The van der Waals surface area contributed by atoms with Crippen molar-refractivity contribution < 1.29 is 30.1 Å². The molecule has 2 aromatic carbocycles.